The molecule has 0 radical (unpaired) electrons. The fraction of sp³-hybridized carbons (Fsp3) is 1.00. The maximum Gasteiger partial charge on any atom is 0.490 e. The zero-order valence-electron chi connectivity index (χ0n) is 10.0. The highest BCUT2D eigenvalue weighted by Gasteiger charge is 2.40. The number of phosphoric acid groups is 3. The summed E-state index contributed by atoms with van der Waals surface area (Å²) in [7, 11) is -16.0. The van der Waals surface area contributed by atoms with E-state index < -0.39 is 35.7 Å². The highest BCUT2D eigenvalue weighted by atomic mass is 79.9. The van der Waals surface area contributed by atoms with Gasteiger partial charge in [-0.25, -0.2) is 13.7 Å². The lowest BCUT2D eigenvalue weighted by Gasteiger charge is -2.21. The van der Waals surface area contributed by atoms with E-state index in [4.69, 9.17) is 19.6 Å². The topological polar surface area (TPSA) is 180 Å². The van der Waals surface area contributed by atoms with Gasteiger partial charge in [0.15, 0.2) is 0 Å². The van der Waals surface area contributed by atoms with Crippen LogP contribution < -0.4 is 0 Å². The van der Waals surface area contributed by atoms with Crippen LogP contribution in [0.15, 0.2) is 0 Å². The van der Waals surface area contributed by atoms with Crippen molar-refractivity contribution in [2.75, 3.05) is 11.9 Å². The molecule has 3 atom stereocenters. The second-order valence-corrected chi connectivity index (χ2v) is 8.79. The maximum atomic E-state index is 11.2. The first kappa shape index (κ1) is 20.9. The lowest BCUT2D eigenvalue weighted by molar-refractivity contribution is 0.0554. The zero-order valence-corrected chi connectivity index (χ0v) is 14.3. The van der Waals surface area contributed by atoms with Crippen LogP contribution in [0.1, 0.15) is 13.3 Å². The van der Waals surface area contributed by atoms with Crippen LogP contribution in [0.25, 0.3) is 0 Å². The molecule has 0 aromatic rings. The standard InChI is InChI=1S/C5H14BrO11P3/c1-5(7,4-6)2-3-15-19(11,12)17-20(13,14)16-18(8,9)10/h7H,2-4H2,1H3,(H,11,12)(H,13,14)(H2,8,9,10). The van der Waals surface area contributed by atoms with Gasteiger partial charge in [-0.1, -0.05) is 15.9 Å². The summed E-state index contributed by atoms with van der Waals surface area (Å²) in [5.41, 5.74) is -1.26. The lowest BCUT2D eigenvalue weighted by atomic mass is 10.1. The molecule has 0 heterocycles. The third kappa shape index (κ3) is 10.6. The van der Waals surface area contributed by atoms with Crippen molar-refractivity contribution in [1.29, 1.82) is 0 Å². The molecule has 0 rings (SSSR count). The Hall–Kier alpha value is 0.850. The molecular weight excluding hydrogens is 409 g/mol. The van der Waals surface area contributed by atoms with Gasteiger partial charge in [-0.2, -0.15) is 8.62 Å². The predicted octanol–water partition coefficient (Wildman–Crippen LogP) is 0.866. The van der Waals surface area contributed by atoms with Crippen molar-refractivity contribution < 1.29 is 51.5 Å². The molecule has 0 aliphatic heterocycles. The van der Waals surface area contributed by atoms with Crippen LogP contribution >= 0.6 is 39.4 Å². The molecule has 20 heavy (non-hydrogen) atoms. The normalized spacial score (nSPS) is 21.8. The molecular formula is C5H14BrO11P3. The maximum absolute atomic E-state index is 11.2. The molecule has 0 amide bonds. The van der Waals surface area contributed by atoms with Gasteiger partial charge in [-0.05, 0) is 6.92 Å². The highest BCUT2D eigenvalue weighted by molar-refractivity contribution is 9.09. The van der Waals surface area contributed by atoms with E-state index in [0.29, 0.717) is 0 Å². The Kier molecular flexibility index (Phi) is 7.73. The molecule has 0 fully saturated rings. The zero-order chi connectivity index (χ0) is 16.2. The Balaban J connectivity index is 4.49. The summed E-state index contributed by atoms with van der Waals surface area (Å²) in [4.78, 5) is 34.5. The van der Waals surface area contributed by atoms with Crippen molar-refractivity contribution in [3.8, 4) is 0 Å². The minimum Gasteiger partial charge on any atom is -0.389 e. The van der Waals surface area contributed by atoms with E-state index in [9.17, 15) is 18.8 Å². The van der Waals surface area contributed by atoms with Gasteiger partial charge in [0.05, 0.1) is 12.2 Å². The van der Waals surface area contributed by atoms with Crippen molar-refractivity contribution in [2.45, 2.75) is 18.9 Å². The van der Waals surface area contributed by atoms with Crippen molar-refractivity contribution >= 4 is 39.4 Å². The summed E-state index contributed by atoms with van der Waals surface area (Å²) in [6, 6.07) is 0. The minimum atomic E-state index is -5.50. The number of alkyl halides is 1. The number of phosphoric ester groups is 1. The average molecular weight is 423 g/mol. The second kappa shape index (κ2) is 7.41. The third-order valence-corrected chi connectivity index (χ3v) is 6.64. The molecule has 0 aliphatic rings. The Morgan fingerprint density at radius 2 is 1.55 bits per heavy atom. The molecule has 0 spiro atoms. The first-order valence-electron chi connectivity index (χ1n) is 4.75. The van der Waals surface area contributed by atoms with Crippen LogP contribution in [-0.2, 0) is 26.8 Å². The van der Waals surface area contributed by atoms with E-state index >= 15 is 0 Å². The minimum absolute atomic E-state index is 0.124. The lowest BCUT2D eigenvalue weighted by Crippen LogP contribution is -2.27. The summed E-state index contributed by atoms with van der Waals surface area (Å²) in [6.45, 7) is 0.865. The fourth-order valence-electron chi connectivity index (χ4n) is 0.751. The quantitative estimate of drug-likeness (QED) is 0.262. The Morgan fingerprint density at radius 1 is 1.05 bits per heavy atom. The largest absolute Gasteiger partial charge is 0.490 e. The van der Waals surface area contributed by atoms with Crippen molar-refractivity contribution in [3.05, 3.63) is 0 Å². The van der Waals surface area contributed by atoms with Crippen molar-refractivity contribution in [1.82, 2.24) is 0 Å². The fourth-order valence-corrected chi connectivity index (χ4v) is 4.05. The number of aliphatic hydroxyl groups is 1. The molecule has 5 N–H and O–H groups in total. The van der Waals surface area contributed by atoms with E-state index in [-0.39, 0.29) is 11.8 Å². The molecule has 11 nitrogen and oxygen atoms in total. The molecule has 15 heteroatoms. The Labute approximate surface area is 122 Å². The Morgan fingerprint density at radius 3 is 1.95 bits per heavy atom. The second-order valence-electron chi connectivity index (χ2n) is 3.80. The predicted molar refractivity (Wildman–Crippen MR) is 68.9 cm³/mol. The summed E-state index contributed by atoms with van der Waals surface area (Å²) < 4.78 is 43.8. The SMILES string of the molecule is CC(O)(CBr)CCOP(=O)(O)OP(=O)(O)OP(=O)(O)O. The van der Waals surface area contributed by atoms with Gasteiger partial charge >= 0.3 is 23.5 Å². The molecule has 0 aromatic heterocycles. The number of hydrogen-bond donors (Lipinski definition) is 5. The van der Waals surface area contributed by atoms with Gasteiger partial charge in [-0.3, -0.25) is 4.52 Å². The van der Waals surface area contributed by atoms with Gasteiger partial charge in [0.25, 0.3) is 0 Å². The molecule has 122 valence electrons. The van der Waals surface area contributed by atoms with Gasteiger partial charge in [0, 0.05) is 11.8 Å². The molecule has 0 saturated heterocycles. The average Bonchev–Trinajstić information content (AvgIpc) is 2.10. The van der Waals surface area contributed by atoms with Crippen LogP contribution in [0, 0.1) is 0 Å². The number of hydrogen-bond acceptors (Lipinski definition) is 7. The van der Waals surface area contributed by atoms with Gasteiger partial charge in [-0.15, -0.1) is 0 Å². The highest BCUT2D eigenvalue weighted by Crippen LogP contribution is 2.66. The first-order valence-corrected chi connectivity index (χ1v) is 10.4. The summed E-state index contributed by atoms with van der Waals surface area (Å²) in [5.74, 6) is 0. The van der Waals surface area contributed by atoms with Crippen LogP contribution in [-0.4, -0.2) is 42.2 Å². The van der Waals surface area contributed by atoms with E-state index in [1.807, 2.05) is 0 Å². The van der Waals surface area contributed by atoms with Crippen molar-refractivity contribution in [3.63, 3.8) is 0 Å². The molecule has 0 aromatic carbocycles. The van der Waals surface area contributed by atoms with Crippen molar-refractivity contribution in [2.24, 2.45) is 0 Å². The van der Waals surface area contributed by atoms with Gasteiger partial charge in [0.2, 0.25) is 0 Å². The van der Waals surface area contributed by atoms with E-state index in [2.05, 4.69) is 29.1 Å². The molecule has 0 aliphatic carbocycles. The Bertz CT molecular complexity index is 457. The summed E-state index contributed by atoms with van der Waals surface area (Å²) in [6.07, 6.45) is -0.124. The molecule has 0 bridgehead atoms. The van der Waals surface area contributed by atoms with E-state index in [1.165, 1.54) is 6.92 Å². The van der Waals surface area contributed by atoms with Crippen LogP contribution in [0.2, 0.25) is 0 Å². The number of halogens is 1. The monoisotopic (exact) mass is 422 g/mol. The van der Waals surface area contributed by atoms with E-state index in [0.717, 1.165) is 0 Å². The van der Waals surface area contributed by atoms with Crippen LogP contribution in [0.5, 0.6) is 0 Å². The van der Waals surface area contributed by atoms with Crippen LogP contribution in [0.4, 0.5) is 0 Å². The molecule has 3 unspecified atom stereocenters. The number of rotatable bonds is 9. The van der Waals surface area contributed by atoms with Gasteiger partial charge < -0.3 is 24.7 Å². The third-order valence-electron chi connectivity index (χ3n) is 1.60. The van der Waals surface area contributed by atoms with E-state index in [1.54, 1.807) is 0 Å². The summed E-state index contributed by atoms with van der Waals surface area (Å²) in [5, 5.41) is 9.67. The van der Waals surface area contributed by atoms with Gasteiger partial charge in [0.1, 0.15) is 0 Å². The van der Waals surface area contributed by atoms with Crippen LogP contribution in [0.3, 0.4) is 0 Å². The summed E-state index contributed by atoms with van der Waals surface area (Å²) >= 11 is 2.97. The first-order chi connectivity index (χ1) is 8.68. The smallest absolute Gasteiger partial charge is 0.389 e. The molecule has 0 saturated carbocycles.